The first-order valence-electron chi connectivity index (χ1n) is 29.4. The summed E-state index contributed by atoms with van der Waals surface area (Å²) >= 11 is 0. The molecule has 84 heavy (non-hydrogen) atoms. The standard InChI is InChI=1S/C59H93N9O16/c1-14-35(7)47-57(79)83-37(9)48(65-51(73)41(20-21-44(60)69)62-50(72)34(5)6)54(76)63-42(28-33(3)4)52(74)66-59-22-24-68(55(77)40(59)30-59)49(36(8)15-2)56(78)67(13)43(53(75)64-47)29-38-16-18-39(19-17-38)82-31-45(70)61-23-25-80-26-27-81-32-46(71)84-58(10,11)12/h16-19,33-37,40-43,47-49H,14-15,20-32H2,1-13H3,(H2,60,69)(H,61,70)(H,62,72)(H,63,76)(H,64,75)(H,65,73)(H,66,74)/t35?,36?,37-,40?,41+,42+,43+,47+,48+,49+,59?/m1/s1. The van der Waals surface area contributed by atoms with Gasteiger partial charge >= 0.3 is 11.9 Å². The SMILES string of the molecule is CCC(C)[C@@H]1NC(=O)[C@H](Cc2ccc(OCC(=O)NCCOCCOCC(=O)OC(C)(C)C)cc2)N(C)C(=O)[C@H](C(C)CC)N2CCC3(CC3C2=O)NC(=O)[C@H](CC(C)C)NC(=O)[C@@H](NC(=O)[C@H](CCC(N)=O)NC(=O)C(C)C)[C@@H](C)OC1=O. The van der Waals surface area contributed by atoms with Crippen molar-refractivity contribution in [2.45, 2.75) is 188 Å². The molecular weight excluding hydrogens is 1090 g/mol. The number of esters is 2. The molecule has 1 saturated carbocycles. The predicted molar refractivity (Wildman–Crippen MR) is 307 cm³/mol. The van der Waals surface area contributed by atoms with Gasteiger partial charge < -0.3 is 71.1 Å². The van der Waals surface area contributed by atoms with Crippen LogP contribution >= 0.6 is 0 Å². The van der Waals surface area contributed by atoms with Gasteiger partial charge in [0, 0.05) is 38.9 Å². The molecule has 4 fully saturated rings. The van der Waals surface area contributed by atoms with Gasteiger partial charge in [-0.3, -0.25) is 43.2 Å². The topological polar surface area (TPSA) is 339 Å². The van der Waals surface area contributed by atoms with E-state index in [4.69, 9.17) is 29.4 Å². The number of primary amides is 1. The van der Waals surface area contributed by atoms with E-state index in [-0.39, 0.29) is 96.5 Å². The highest BCUT2D eigenvalue weighted by atomic mass is 16.6. The van der Waals surface area contributed by atoms with E-state index >= 15 is 9.59 Å². The summed E-state index contributed by atoms with van der Waals surface area (Å²) in [5.41, 5.74) is 4.38. The van der Waals surface area contributed by atoms with E-state index in [1.54, 1.807) is 72.7 Å². The maximum absolute atomic E-state index is 15.2. The summed E-state index contributed by atoms with van der Waals surface area (Å²) in [7, 11) is 1.46. The van der Waals surface area contributed by atoms with Crippen molar-refractivity contribution in [2.24, 2.45) is 35.3 Å². The molecule has 1 aromatic rings. The number of likely N-dealkylation sites (N-methyl/N-ethyl adjacent to an activating group) is 1. The number of piperidine rings is 1. The number of ether oxygens (including phenoxy) is 5. The van der Waals surface area contributed by atoms with E-state index in [0.717, 1.165) is 0 Å². The van der Waals surface area contributed by atoms with E-state index in [2.05, 4.69) is 31.9 Å². The van der Waals surface area contributed by atoms with Crippen LogP contribution in [0.25, 0.3) is 0 Å². The molecule has 3 aliphatic heterocycles. The summed E-state index contributed by atoms with van der Waals surface area (Å²) in [5.74, 6) is -9.41. The van der Waals surface area contributed by atoms with Gasteiger partial charge in [0.25, 0.3) is 5.91 Å². The molecule has 25 heteroatoms. The minimum atomic E-state index is -1.72. The molecule has 1 aliphatic carbocycles. The fourth-order valence-corrected chi connectivity index (χ4v) is 9.93. The minimum Gasteiger partial charge on any atom is -0.484 e. The second-order valence-electron chi connectivity index (χ2n) is 24.1. The van der Waals surface area contributed by atoms with Crippen molar-refractivity contribution < 1.29 is 76.4 Å². The molecule has 4 aliphatic rings. The maximum atomic E-state index is 15.2. The molecule has 1 aromatic carbocycles. The van der Waals surface area contributed by atoms with Crippen LogP contribution in [0.5, 0.6) is 5.75 Å². The molecule has 5 rings (SSSR count). The van der Waals surface area contributed by atoms with Crippen molar-refractivity contribution in [1.29, 1.82) is 0 Å². The van der Waals surface area contributed by atoms with Crippen molar-refractivity contribution in [3.63, 3.8) is 0 Å². The van der Waals surface area contributed by atoms with Crippen LogP contribution in [-0.4, -0.2) is 182 Å². The average molecular weight is 1180 g/mol. The molecular formula is C59H93N9O16. The molecule has 9 amide bonds. The summed E-state index contributed by atoms with van der Waals surface area (Å²) in [6, 6.07) is -1.52. The van der Waals surface area contributed by atoms with Crippen molar-refractivity contribution in [3.8, 4) is 5.75 Å². The highest BCUT2D eigenvalue weighted by Gasteiger charge is 2.64. The Morgan fingerprint density at radius 2 is 1.49 bits per heavy atom. The molecule has 2 bridgehead atoms. The normalized spacial score (nSPS) is 24.6. The molecule has 0 aromatic heterocycles. The third kappa shape index (κ3) is 20.7. The first-order chi connectivity index (χ1) is 39.4. The Bertz CT molecular complexity index is 2490. The Hall–Kier alpha value is -6.89. The van der Waals surface area contributed by atoms with Crippen LogP contribution in [0.1, 0.15) is 134 Å². The number of fused-ring (bicyclic) bond motifs is 16. The second-order valence-corrected chi connectivity index (χ2v) is 24.1. The van der Waals surface area contributed by atoms with E-state index in [9.17, 15) is 43.2 Å². The number of rotatable bonds is 26. The van der Waals surface area contributed by atoms with Gasteiger partial charge in [0.05, 0.1) is 31.3 Å². The average Bonchev–Trinajstić information content (AvgIpc) is 1.68. The van der Waals surface area contributed by atoms with Crippen molar-refractivity contribution in [1.82, 2.24) is 41.7 Å². The summed E-state index contributed by atoms with van der Waals surface area (Å²) in [4.78, 5) is 155. The number of nitrogens with one attached hydrogen (secondary N) is 6. The number of nitrogens with zero attached hydrogens (tertiary/aromatic N) is 2. The predicted octanol–water partition coefficient (Wildman–Crippen LogP) is 1.35. The smallest absolute Gasteiger partial charge is 0.332 e. The minimum absolute atomic E-state index is 0.0848. The second kappa shape index (κ2) is 31.8. The molecule has 470 valence electrons. The zero-order valence-corrected chi connectivity index (χ0v) is 51.3. The first kappa shape index (κ1) is 69.6. The zero-order chi connectivity index (χ0) is 62.8. The molecule has 11 atom stereocenters. The van der Waals surface area contributed by atoms with Crippen LogP contribution in [0, 0.1) is 29.6 Å². The number of hydrogen-bond donors (Lipinski definition) is 7. The Labute approximate surface area is 493 Å². The summed E-state index contributed by atoms with van der Waals surface area (Å²) in [5, 5.41) is 16.5. The first-order valence-corrected chi connectivity index (χ1v) is 29.4. The molecule has 8 N–H and O–H groups in total. The Kier molecular flexibility index (Phi) is 26.4. The van der Waals surface area contributed by atoms with Crippen LogP contribution in [0.2, 0.25) is 0 Å². The quantitative estimate of drug-likeness (QED) is 0.0391. The monoisotopic (exact) mass is 1180 g/mol. The molecule has 25 nitrogen and oxygen atoms in total. The fourth-order valence-electron chi connectivity index (χ4n) is 9.93. The molecule has 0 radical (unpaired) electrons. The van der Waals surface area contributed by atoms with Crippen molar-refractivity contribution in [3.05, 3.63) is 29.8 Å². The van der Waals surface area contributed by atoms with Crippen molar-refractivity contribution >= 4 is 65.1 Å². The lowest BCUT2D eigenvalue weighted by Gasteiger charge is -2.42. The van der Waals surface area contributed by atoms with E-state index in [0.29, 0.717) is 24.2 Å². The molecule has 4 unspecified atom stereocenters. The number of carbonyl (C=O) groups is 11. The third-order valence-corrected chi connectivity index (χ3v) is 15.3. The van der Waals surface area contributed by atoms with Gasteiger partial charge in [0.2, 0.25) is 47.3 Å². The number of carbonyl (C=O) groups excluding carboxylic acids is 11. The zero-order valence-electron chi connectivity index (χ0n) is 51.3. The van der Waals surface area contributed by atoms with Gasteiger partial charge in [-0.1, -0.05) is 80.4 Å². The fraction of sp³-hybridized carbons (Fsp3) is 0.712. The number of nitrogens with two attached hydrogens (primary N) is 1. The third-order valence-electron chi connectivity index (χ3n) is 15.3. The Morgan fingerprint density at radius 1 is 0.833 bits per heavy atom. The van der Waals surface area contributed by atoms with Gasteiger partial charge in [-0.25, -0.2) is 9.59 Å². The Morgan fingerprint density at radius 3 is 2.10 bits per heavy atom. The van der Waals surface area contributed by atoms with Gasteiger partial charge in [-0.2, -0.15) is 0 Å². The van der Waals surface area contributed by atoms with Crippen LogP contribution in [0.15, 0.2) is 24.3 Å². The number of benzene rings is 1. The van der Waals surface area contributed by atoms with Crippen LogP contribution < -0.4 is 42.4 Å². The number of hydrogen-bond acceptors (Lipinski definition) is 16. The van der Waals surface area contributed by atoms with Crippen LogP contribution in [0.3, 0.4) is 0 Å². The van der Waals surface area contributed by atoms with Gasteiger partial charge in [-0.15, -0.1) is 0 Å². The molecule has 3 heterocycles. The van der Waals surface area contributed by atoms with Crippen LogP contribution in [-0.2, 0) is 78.1 Å². The maximum Gasteiger partial charge on any atom is 0.332 e. The largest absolute Gasteiger partial charge is 0.484 e. The van der Waals surface area contributed by atoms with Gasteiger partial charge in [0.1, 0.15) is 60.3 Å². The highest BCUT2D eigenvalue weighted by molar-refractivity contribution is 5.98. The summed E-state index contributed by atoms with van der Waals surface area (Å²) in [6.45, 7) is 20.9. The lowest BCUT2D eigenvalue weighted by Crippen LogP contribution is -2.63. The lowest BCUT2D eigenvalue weighted by atomic mass is 9.91. The molecule has 1 spiro atoms. The van der Waals surface area contributed by atoms with E-state index in [1.165, 1.54) is 23.8 Å². The van der Waals surface area contributed by atoms with Crippen molar-refractivity contribution in [2.75, 3.05) is 53.2 Å². The van der Waals surface area contributed by atoms with E-state index < -0.39 is 136 Å². The Balaban J connectivity index is 1.66. The van der Waals surface area contributed by atoms with Gasteiger partial charge in [-0.05, 0) is 88.8 Å². The van der Waals surface area contributed by atoms with Crippen LogP contribution in [0.4, 0.5) is 0 Å². The molecule has 3 saturated heterocycles. The van der Waals surface area contributed by atoms with E-state index in [1.807, 2.05) is 27.7 Å². The van der Waals surface area contributed by atoms with Gasteiger partial charge in [0.15, 0.2) is 6.61 Å². The summed E-state index contributed by atoms with van der Waals surface area (Å²) in [6.07, 6.45) is -0.680. The number of amides is 9. The summed E-state index contributed by atoms with van der Waals surface area (Å²) < 4.78 is 27.7. The highest BCUT2D eigenvalue weighted by Crippen LogP contribution is 2.51. The lowest BCUT2D eigenvalue weighted by molar-refractivity contribution is -0.161.